The molecule has 0 saturated carbocycles. The van der Waals surface area contributed by atoms with Gasteiger partial charge in [0.2, 0.25) is 0 Å². The molecule has 0 amide bonds. The maximum atomic E-state index is 11.0. The van der Waals surface area contributed by atoms with Gasteiger partial charge in [-0.05, 0) is 31.2 Å². The van der Waals surface area contributed by atoms with Crippen molar-refractivity contribution >= 4 is 22.7 Å². The molecule has 0 fully saturated rings. The fraction of sp³-hybridized carbons (Fsp3) is 0.364. The molecule has 0 spiro atoms. The van der Waals surface area contributed by atoms with Crippen LogP contribution in [0.2, 0.25) is 0 Å². The Labute approximate surface area is 97.8 Å². The maximum absolute atomic E-state index is 11.0. The Hall–Kier alpha value is -1.26. The molecule has 1 aromatic heterocycles. The van der Waals surface area contributed by atoms with Crippen LogP contribution in [0.3, 0.4) is 0 Å². The minimum atomic E-state index is -0.412. The van der Waals surface area contributed by atoms with Gasteiger partial charge in [0.25, 0.3) is 0 Å². The average Bonchev–Trinajstić information content (AvgIpc) is 2.65. The standard InChI is InChI=1S/C11H13ClN2O2/c1-14(7-12)5-4-8-2-3-9-10(6-8)16-11(15)13-9/h2-3,6H,4-5,7H2,1H3,(H,13,15). The van der Waals surface area contributed by atoms with Gasteiger partial charge in [-0.1, -0.05) is 6.07 Å². The first kappa shape index (κ1) is 11.2. The molecule has 0 aliphatic heterocycles. The van der Waals surface area contributed by atoms with Gasteiger partial charge in [-0.2, -0.15) is 0 Å². The summed E-state index contributed by atoms with van der Waals surface area (Å²) in [5.41, 5.74) is 2.47. The summed E-state index contributed by atoms with van der Waals surface area (Å²) < 4.78 is 4.99. The molecule has 16 heavy (non-hydrogen) atoms. The lowest BCUT2D eigenvalue weighted by atomic mass is 10.1. The topological polar surface area (TPSA) is 49.2 Å². The zero-order valence-electron chi connectivity index (χ0n) is 9.00. The van der Waals surface area contributed by atoms with E-state index in [1.54, 1.807) is 0 Å². The third-order valence-electron chi connectivity index (χ3n) is 2.47. The third kappa shape index (κ3) is 2.46. The number of aromatic amines is 1. The number of likely N-dealkylation sites (N-methyl/N-ethyl adjacent to an activating group) is 1. The van der Waals surface area contributed by atoms with Crippen molar-refractivity contribution in [3.63, 3.8) is 0 Å². The smallest absolute Gasteiger partial charge is 0.408 e. The van der Waals surface area contributed by atoms with E-state index in [1.165, 1.54) is 0 Å². The van der Waals surface area contributed by atoms with Crippen LogP contribution in [0.25, 0.3) is 11.1 Å². The van der Waals surface area contributed by atoms with Gasteiger partial charge in [-0.25, -0.2) is 4.79 Å². The molecule has 0 aliphatic rings. The van der Waals surface area contributed by atoms with Crippen LogP contribution in [0.5, 0.6) is 0 Å². The molecule has 0 unspecified atom stereocenters. The number of H-pyrrole nitrogens is 1. The lowest BCUT2D eigenvalue weighted by Gasteiger charge is -2.11. The monoisotopic (exact) mass is 240 g/mol. The summed E-state index contributed by atoms with van der Waals surface area (Å²) in [6.07, 6.45) is 0.883. The van der Waals surface area contributed by atoms with Crippen molar-refractivity contribution in [1.82, 2.24) is 9.88 Å². The van der Waals surface area contributed by atoms with Crippen LogP contribution in [0.4, 0.5) is 0 Å². The van der Waals surface area contributed by atoms with Gasteiger partial charge in [0.15, 0.2) is 5.58 Å². The second kappa shape index (κ2) is 4.72. The molecule has 2 rings (SSSR count). The number of nitrogens with zero attached hydrogens (tertiary/aromatic N) is 1. The molecule has 0 atom stereocenters. The Morgan fingerprint density at radius 2 is 2.31 bits per heavy atom. The quantitative estimate of drug-likeness (QED) is 0.655. The first-order chi connectivity index (χ1) is 7.69. The number of hydrogen-bond acceptors (Lipinski definition) is 3. The molecule has 1 N–H and O–H groups in total. The van der Waals surface area contributed by atoms with Gasteiger partial charge < -0.3 is 4.42 Å². The Morgan fingerprint density at radius 1 is 1.50 bits per heavy atom. The predicted octanol–water partition coefficient (Wildman–Crippen LogP) is 1.79. The highest BCUT2D eigenvalue weighted by atomic mass is 35.5. The highest BCUT2D eigenvalue weighted by molar-refractivity contribution is 6.17. The van der Waals surface area contributed by atoms with Crippen molar-refractivity contribution in [2.45, 2.75) is 6.42 Å². The van der Waals surface area contributed by atoms with Gasteiger partial charge in [-0.15, -0.1) is 11.6 Å². The molecule has 4 nitrogen and oxygen atoms in total. The molecular formula is C11H13ClN2O2. The van der Waals surface area contributed by atoms with E-state index in [2.05, 4.69) is 4.98 Å². The molecule has 0 saturated heterocycles. The van der Waals surface area contributed by atoms with Crippen molar-refractivity contribution in [3.8, 4) is 0 Å². The van der Waals surface area contributed by atoms with Crippen LogP contribution in [0, 0.1) is 0 Å². The highest BCUT2D eigenvalue weighted by Crippen LogP contribution is 2.12. The average molecular weight is 241 g/mol. The van der Waals surface area contributed by atoms with Crippen molar-refractivity contribution in [2.75, 3.05) is 19.6 Å². The van der Waals surface area contributed by atoms with Gasteiger partial charge >= 0.3 is 5.76 Å². The van der Waals surface area contributed by atoms with Crippen molar-refractivity contribution < 1.29 is 4.42 Å². The summed E-state index contributed by atoms with van der Waals surface area (Å²) >= 11 is 5.68. The van der Waals surface area contributed by atoms with Crippen LogP contribution in [-0.2, 0) is 6.42 Å². The van der Waals surface area contributed by atoms with Crippen LogP contribution in [0.15, 0.2) is 27.4 Å². The summed E-state index contributed by atoms with van der Waals surface area (Å²) in [5.74, 6) is -0.412. The Morgan fingerprint density at radius 3 is 3.06 bits per heavy atom. The van der Waals surface area contributed by atoms with Crippen molar-refractivity contribution in [2.24, 2.45) is 0 Å². The number of nitrogens with one attached hydrogen (secondary N) is 1. The summed E-state index contributed by atoms with van der Waals surface area (Å²) in [6.45, 7) is 0.879. The maximum Gasteiger partial charge on any atom is 0.417 e. The van der Waals surface area contributed by atoms with E-state index >= 15 is 0 Å². The molecule has 5 heteroatoms. The Bertz CT molecular complexity index is 532. The van der Waals surface area contributed by atoms with E-state index in [0.29, 0.717) is 11.6 Å². The number of oxazole rings is 1. The summed E-state index contributed by atoms with van der Waals surface area (Å²) in [5, 5.41) is 0. The normalized spacial score (nSPS) is 11.4. The van der Waals surface area contributed by atoms with Crippen LogP contribution in [0.1, 0.15) is 5.56 Å². The summed E-state index contributed by atoms with van der Waals surface area (Å²) in [4.78, 5) is 15.6. The Kier molecular flexibility index (Phi) is 3.31. The SMILES string of the molecule is CN(CCl)CCc1ccc2[nH]c(=O)oc2c1. The Balaban J connectivity index is 2.16. The van der Waals surface area contributed by atoms with Gasteiger partial charge in [0, 0.05) is 6.54 Å². The fourth-order valence-electron chi connectivity index (χ4n) is 1.53. The molecular weight excluding hydrogens is 228 g/mol. The van der Waals surface area contributed by atoms with Gasteiger partial charge in [0.05, 0.1) is 11.5 Å². The molecule has 1 aromatic carbocycles. The molecule has 0 aliphatic carbocycles. The van der Waals surface area contributed by atoms with E-state index in [4.69, 9.17) is 16.0 Å². The molecule has 0 radical (unpaired) electrons. The van der Waals surface area contributed by atoms with E-state index in [0.717, 1.165) is 24.0 Å². The minimum Gasteiger partial charge on any atom is -0.408 e. The summed E-state index contributed by atoms with van der Waals surface area (Å²) in [6, 6.07) is 6.24. The number of fused-ring (bicyclic) bond motifs is 1. The molecule has 86 valence electrons. The predicted molar refractivity (Wildman–Crippen MR) is 63.9 cm³/mol. The van der Waals surface area contributed by atoms with E-state index in [1.807, 2.05) is 30.1 Å². The second-order valence-electron chi connectivity index (χ2n) is 3.79. The van der Waals surface area contributed by atoms with Crippen molar-refractivity contribution in [3.05, 3.63) is 34.3 Å². The van der Waals surface area contributed by atoms with Crippen LogP contribution in [-0.4, -0.2) is 29.5 Å². The second-order valence-corrected chi connectivity index (χ2v) is 4.03. The number of alkyl halides is 1. The minimum absolute atomic E-state index is 0.412. The lowest BCUT2D eigenvalue weighted by Crippen LogP contribution is -2.19. The zero-order chi connectivity index (χ0) is 11.5. The summed E-state index contributed by atoms with van der Waals surface area (Å²) in [7, 11) is 1.96. The fourth-order valence-corrected chi connectivity index (χ4v) is 1.64. The molecule has 2 aromatic rings. The van der Waals surface area contributed by atoms with Gasteiger partial charge in [-0.3, -0.25) is 9.88 Å². The van der Waals surface area contributed by atoms with Crippen molar-refractivity contribution in [1.29, 1.82) is 0 Å². The lowest BCUT2D eigenvalue weighted by molar-refractivity contribution is 0.394. The van der Waals surface area contributed by atoms with Gasteiger partial charge in [0.1, 0.15) is 0 Å². The van der Waals surface area contributed by atoms with Crippen LogP contribution >= 0.6 is 11.6 Å². The number of halogens is 1. The zero-order valence-corrected chi connectivity index (χ0v) is 9.75. The van der Waals surface area contributed by atoms with E-state index in [9.17, 15) is 4.79 Å². The number of hydrogen-bond donors (Lipinski definition) is 1. The first-order valence-corrected chi connectivity index (χ1v) is 5.59. The van der Waals surface area contributed by atoms with Crippen LogP contribution < -0.4 is 5.76 Å². The first-order valence-electron chi connectivity index (χ1n) is 5.05. The third-order valence-corrected chi connectivity index (χ3v) is 2.88. The molecule has 0 bridgehead atoms. The highest BCUT2D eigenvalue weighted by Gasteiger charge is 2.03. The molecule has 1 heterocycles. The van der Waals surface area contributed by atoms with E-state index < -0.39 is 5.76 Å². The number of rotatable bonds is 4. The largest absolute Gasteiger partial charge is 0.417 e. The number of aromatic nitrogens is 1. The number of benzene rings is 1. The van der Waals surface area contributed by atoms with E-state index in [-0.39, 0.29) is 0 Å².